The van der Waals surface area contributed by atoms with Crippen molar-refractivity contribution in [1.29, 1.82) is 0 Å². The molecule has 1 atom stereocenters. The Morgan fingerprint density at radius 3 is 2.89 bits per heavy atom. The maximum atomic E-state index is 4.42. The van der Waals surface area contributed by atoms with Crippen molar-refractivity contribution >= 4 is 23.1 Å². The first-order valence-corrected chi connectivity index (χ1v) is 6.82. The summed E-state index contributed by atoms with van der Waals surface area (Å²) in [6.07, 6.45) is 1.81. The Kier molecular flexibility index (Phi) is 4.09. The van der Waals surface area contributed by atoms with Crippen LogP contribution in [0.2, 0.25) is 0 Å². The molecule has 0 fully saturated rings. The van der Waals surface area contributed by atoms with Crippen molar-refractivity contribution in [2.24, 2.45) is 0 Å². The zero-order valence-corrected chi connectivity index (χ0v) is 11.6. The molecule has 0 spiro atoms. The van der Waals surface area contributed by atoms with Gasteiger partial charge < -0.3 is 10.6 Å². The highest BCUT2D eigenvalue weighted by Gasteiger charge is 2.09. The predicted octanol–water partition coefficient (Wildman–Crippen LogP) is 2.85. The van der Waals surface area contributed by atoms with Gasteiger partial charge in [0.15, 0.2) is 0 Å². The fourth-order valence-electron chi connectivity index (χ4n) is 1.61. The van der Waals surface area contributed by atoms with E-state index in [1.54, 1.807) is 11.3 Å². The van der Waals surface area contributed by atoms with E-state index in [1.165, 1.54) is 0 Å². The van der Waals surface area contributed by atoms with E-state index >= 15 is 0 Å². The van der Waals surface area contributed by atoms with Gasteiger partial charge in [-0.15, -0.1) is 11.3 Å². The lowest BCUT2D eigenvalue weighted by molar-refractivity contribution is 0.857. The number of aryl methyl sites for hydroxylation is 1. The van der Waals surface area contributed by atoms with Crippen molar-refractivity contribution in [3.05, 3.63) is 28.3 Å². The second kappa shape index (κ2) is 5.77. The van der Waals surface area contributed by atoms with Crippen LogP contribution in [0.15, 0.2) is 17.6 Å². The van der Waals surface area contributed by atoms with E-state index in [2.05, 4.69) is 32.5 Å². The number of nitrogens with one attached hydrogen (secondary N) is 2. The molecule has 2 rings (SSSR count). The van der Waals surface area contributed by atoms with Gasteiger partial charge in [0.2, 0.25) is 5.95 Å². The summed E-state index contributed by atoms with van der Waals surface area (Å²) in [5.74, 6) is 1.48. The van der Waals surface area contributed by atoms with Crippen LogP contribution >= 0.6 is 11.3 Å². The molecule has 0 amide bonds. The molecule has 0 aliphatic rings. The van der Waals surface area contributed by atoms with E-state index in [9.17, 15) is 0 Å². The third-order valence-electron chi connectivity index (χ3n) is 2.38. The molecule has 0 aliphatic heterocycles. The monoisotopic (exact) mass is 263 g/mol. The molecule has 2 N–H and O–H groups in total. The summed E-state index contributed by atoms with van der Waals surface area (Å²) in [4.78, 5) is 13.0. The SMILES string of the molecule is CCNc1nc(C)cc(NC(C)c2nccs2)n1. The highest BCUT2D eigenvalue weighted by molar-refractivity contribution is 7.09. The largest absolute Gasteiger partial charge is 0.361 e. The van der Waals surface area contributed by atoms with Crippen LogP contribution in [0.5, 0.6) is 0 Å². The number of aromatic nitrogens is 3. The molecule has 1 unspecified atom stereocenters. The van der Waals surface area contributed by atoms with Crippen LogP contribution in [0, 0.1) is 6.92 Å². The standard InChI is InChI=1S/C12H17N5S/c1-4-13-12-15-8(2)7-10(17-12)16-9(3)11-14-5-6-18-11/h5-7,9H,4H2,1-3H3,(H2,13,15,16,17). The highest BCUT2D eigenvalue weighted by Crippen LogP contribution is 2.20. The molecular formula is C12H17N5S. The molecule has 0 saturated heterocycles. The van der Waals surface area contributed by atoms with Crippen molar-refractivity contribution in [3.8, 4) is 0 Å². The molecule has 6 heteroatoms. The lowest BCUT2D eigenvalue weighted by atomic mass is 10.3. The third kappa shape index (κ3) is 3.16. The van der Waals surface area contributed by atoms with E-state index in [0.717, 1.165) is 23.1 Å². The first-order valence-electron chi connectivity index (χ1n) is 5.94. The molecule has 0 aromatic carbocycles. The van der Waals surface area contributed by atoms with E-state index in [4.69, 9.17) is 0 Å². The van der Waals surface area contributed by atoms with Crippen molar-refractivity contribution in [2.45, 2.75) is 26.8 Å². The molecule has 2 heterocycles. The summed E-state index contributed by atoms with van der Waals surface area (Å²) >= 11 is 1.64. The van der Waals surface area contributed by atoms with Gasteiger partial charge in [-0.3, -0.25) is 0 Å². The zero-order chi connectivity index (χ0) is 13.0. The van der Waals surface area contributed by atoms with E-state index in [-0.39, 0.29) is 6.04 Å². The van der Waals surface area contributed by atoms with Gasteiger partial charge in [0.25, 0.3) is 0 Å². The van der Waals surface area contributed by atoms with Gasteiger partial charge in [-0.2, -0.15) is 4.98 Å². The molecule has 0 bridgehead atoms. The Bertz CT molecular complexity index is 497. The summed E-state index contributed by atoms with van der Waals surface area (Å²) in [6, 6.07) is 2.08. The van der Waals surface area contributed by atoms with E-state index in [1.807, 2.05) is 31.5 Å². The second-order valence-corrected chi connectivity index (χ2v) is 4.91. The molecule has 0 aliphatic carbocycles. The number of nitrogens with zero attached hydrogens (tertiary/aromatic N) is 3. The average molecular weight is 263 g/mol. The summed E-state index contributed by atoms with van der Waals surface area (Å²) in [6.45, 7) is 6.87. The first kappa shape index (κ1) is 12.8. The highest BCUT2D eigenvalue weighted by atomic mass is 32.1. The summed E-state index contributed by atoms with van der Waals surface area (Å²) < 4.78 is 0. The topological polar surface area (TPSA) is 62.7 Å². The number of hydrogen-bond donors (Lipinski definition) is 2. The van der Waals surface area contributed by atoms with Crippen molar-refractivity contribution < 1.29 is 0 Å². The molecule has 0 saturated carbocycles. The Hall–Kier alpha value is -1.69. The van der Waals surface area contributed by atoms with Crippen molar-refractivity contribution in [1.82, 2.24) is 15.0 Å². The van der Waals surface area contributed by atoms with Gasteiger partial charge in [0.05, 0.1) is 6.04 Å². The quantitative estimate of drug-likeness (QED) is 0.868. The van der Waals surface area contributed by atoms with Crippen LogP contribution in [0.1, 0.15) is 30.6 Å². The molecule has 2 aromatic heterocycles. The van der Waals surface area contributed by atoms with Crippen molar-refractivity contribution in [3.63, 3.8) is 0 Å². The number of hydrogen-bond acceptors (Lipinski definition) is 6. The van der Waals surface area contributed by atoms with E-state index < -0.39 is 0 Å². The fraction of sp³-hybridized carbons (Fsp3) is 0.417. The van der Waals surface area contributed by atoms with Gasteiger partial charge in [-0.25, -0.2) is 9.97 Å². The lowest BCUT2D eigenvalue weighted by Gasteiger charge is -2.13. The van der Waals surface area contributed by atoms with Gasteiger partial charge >= 0.3 is 0 Å². The molecule has 96 valence electrons. The Labute approximate surface area is 111 Å². The van der Waals surface area contributed by atoms with Gasteiger partial charge in [-0.1, -0.05) is 0 Å². The third-order valence-corrected chi connectivity index (χ3v) is 3.33. The minimum absolute atomic E-state index is 0.147. The van der Waals surface area contributed by atoms with Crippen LogP contribution in [0.3, 0.4) is 0 Å². The molecule has 5 nitrogen and oxygen atoms in total. The lowest BCUT2D eigenvalue weighted by Crippen LogP contribution is -2.10. The molecule has 0 radical (unpaired) electrons. The minimum Gasteiger partial charge on any atom is -0.361 e. The Balaban J connectivity index is 2.13. The normalized spacial score (nSPS) is 12.2. The molecule has 2 aromatic rings. The Morgan fingerprint density at radius 1 is 1.39 bits per heavy atom. The first-order chi connectivity index (χ1) is 8.69. The van der Waals surface area contributed by atoms with Crippen LogP contribution in [-0.2, 0) is 0 Å². The fourth-order valence-corrected chi connectivity index (χ4v) is 2.26. The molecular weight excluding hydrogens is 246 g/mol. The maximum Gasteiger partial charge on any atom is 0.224 e. The van der Waals surface area contributed by atoms with Crippen LogP contribution < -0.4 is 10.6 Å². The number of thiazole rings is 1. The maximum absolute atomic E-state index is 4.42. The van der Waals surface area contributed by atoms with Gasteiger partial charge in [0, 0.05) is 29.9 Å². The number of anilines is 2. The predicted molar refractivity (Wildman–Crippen MR) is 75.1 cm³/mol. The molecule has 18 heavy (non-hydrogen) atoms. The van der Waals surface area contributed by atoms with Gasteiger partial charge in [-0.05, 0) is 20.8 Å². The Morgan fingerprint density at radius 2 is 2.22 bits per heavy atom. The average Bonchev–Trinajstić information content (AvgIpc) is 2.81. The second-order valence-electron chi connectivity index (χ2n) is 3.98. The summed E-state index contributed by atoms with van der Waals surface area (Å²) in [5.41, 5.74) is 0.940. The van der Waals surface area contributed by atoms with E-state index in [0.29, 0.717) is 5.95 Å². The summed E-state index contributed by atoms with van der Waals surface area (Å²) in [5, 5.41) is 9.49. The van der Waals surface area contributed by atoms with Crippen LogP contribution in [-0.4, -0.2) is 21.5 Å². The number of rotatable bonds is 5. The van der Waals surface area contributed by atoms with Crippen LogP contribution in [0.25, 0.3) is 0 Å². The van der Waals surface area contributed by atoms with Gasteiger partial charge in [0.1, 0.15) is 10.8 Å². The van der Waals surface area contributed by atoms with Crippen molar-refractivity contribution in [2.75, 3.05) is 17.2 Å². The zero-order valence-electron chi connectivity index (χ0n) is 10.8. The minimum atomic E-state index is 0.147. The van der Waals surface area contributed by atoms with Crippen LogP contribution in [0.4, 0.5) is 11.8 Å². The smallest absolute Gasteiger partial charge is 0.224 e. The summed E-state index contributed by atoms with van der Waals surface area (Å²) in [7, 11) is 0.